The number of alkyl halides is 2. The number of nitrogens with zero attached hydrogens (tertiary/aromatic N) is 1. The summed E-state index contributed by atoms with van der Waals surface area (Å²) in [5, 5.41) is 0. The second-order valence-electron chi connectivity index (χ2n) is 5.96. The van der Waals surface area contributed by atoms with Gasteiger partial charge in [0.25, 0.3) is 5.92 Å². The SMILES string of the molecule is Fc1ccc([C@@H]2CC(F)(F)CCN2Cc2ccccc2)cc1F. The van der Waals surface area contributed by atoms with E-state index in [1.165, 1.54) is 6.07 Å². The summed E-state index contributed by atoms with van der Waals surface area (Å²) in [5.74, 6) is -4.76. The van der Waals surface area contributed by atoms with Crippen molar-refractivity contribution in [3.63, 3.8) is 0 Å². The van der Waals surface area contributed by atoms with Gasteiger partial charge in [0.15, 0.2) is 11.6 Å². The highest BCUT2D eigenvalue weighted by molar-refractivity contribution is 5.23. The third kappa shape index (κ3) is 3.72. The van der Waals surface area contributed by atoms with Gasteiger partial charge in [-0.1, -0.05) is 36.4 Å². The molecule has 122 valence electrons. The van der Waals surface area contributed by atoms with Gasteiger partial charge in [0.2, 0.25) is 0 Å². The number of hydrogen-bond acceptors (Lipinski definition) is 1. The third-order valence-electron chi connectivity index (χ3n) is 4.25. The number of hydrogen-bond donors (Lipinski definition) is 0. The van der Waals surface area contributed by atoms with Crippen LogP contribution in [-0.4, -0.2) is 17.4 Å². The second-order valence-corrected chi connectivity index (χ2v) is 5.96. The van der Waals surface area contributed by atoms with Crippen LogP contribution in [0.4, 0.5) is 17.6 Å². The first-order valence-corrected chi connectivity index (χ1v) is 7.55. The second kappa shape index (κ2) is 6.32. The highest BCUT2D eigenvalue weighted by Gasteiger charge is 2.41. The summed E-state index contributed by atoms with van der Waals surface area (Å²) in [6.07, 6.45) is -0.606. The first-order chi connectivity index (χ1) is 10.9. The molecule has 1 nitrogen and oxygen atoms in total. The van der Waals surface area contributed by atoms with Crippen molar-refractivity contribution in [2.45, 2.75) is 31.4 Å². The molecule has 0 spiro atoms. The highest BCUT2D eigenvalue weighted by atomic mass is 19.3. The van der Waals surface area contributed by atoms with E-state index in [0.29, 0.717) is 12.1 Å². The van der Waals surface area contributed by atoms with Crippen molar-refractivity contribution in [1.82, 2.24) is 4.90 Å². The Hall–Kier alpha value is -1.88. The van der Waals surface area contributed by atoms with Crippen molar-refractivity contribution in [1.29, 1.82) is 0 Å². The molecule has 1 saturated heterocycles. The molecular formula is C18H17F4N. The van der Waals surface area contributed by atoms with E-state index in [2.05, 4.69) is 0 Å². The molecule has 0 saturated carbocycles. The fourth-order valence-electron chi connectivity index (χ4n) is 3.03. The first kappa shape index (κ1) is 16.0. The Balaban J connectivity index is 1.88. The van der Waals surface area contributed by atoms with E-state index < -0.39 is 23.6 Å². The fourth-order valence-corrected chi connectivity index (χ4v) is 3.03. The topological polar surface area (TPSA) is 3.24 Å². The van der Waals surface area contributed by atoms with Gasteiger partial charge in [-0.05, 0) is 23.3 Å². The fraction of sp³-hybridized carbons (Fsp3) is 0.333. The van der Waals surface area contributed by atoms with Gasteiger partial charge in [-0.2, -0.15) is 0 Å². The van der Waals surface area contributed by atoms with Gasteiger partial charge in [-0.25, -0.2) is 17.6 Å². The zero-order valence-corrected chi connectivity index (χ0v) is 12.5. The predicted molar refractivity (Wildman–Crippen MR) is 80.1 cm³/mol. The van der Waals surface area contributed by atoms with Crippen molar-refractivity contribution in [3.8, 4) is 0 Å². The van der Waals surface area contributed by atoms with E-state index in [9.17, 15) is 17.6 Å². The summed E-state index contributed by atoms with van der Waals surface area (Å²) in [5.41, 5.74) is 1.39. The summed E-state index contributed by atoms with van der Waals surface area (Å²) in [6, 6.07) is 12.3. The van der Waals surface area contributed by atoms with Crippen molar-refractivity contribution < 1.29 is 17.6 Å². The Kier molecular flexibility index (Phi) is 4.39. The quantitative estimate of drug-likeness (QED) is 0.723. The van der Waals surface area contributed by atoms with Gasteiger partial charge < -0.3 is 0 Å². The molecule has 0 bridgehead atoms. The van der Waals surface area contributed by atoms with Gasteiger partial charge in [0.05, 0.1) is 0 Å². The molecule has 1 fully saturated rings. The standard InChI is InChI=1S/C18H17F4N/c19-15-7-6-14(10-16(15)20)17-11-18(21,22)8-9-23(17)12-13-4-2-1-3-5-13/h1-7,10,17H,8-9,11-12H2/t17-/m0/s1. The van der Waals surface area contributed by atoms with Gasteiger partial charge in [0.1, 0.15) is 0 Å². The maximum atomic E-state index is 13.8. The van der Waals surface area contributed by atoms with E-state index in [-0.39, 0.29) is 19.4 Å². The monoisotopic (exact) mass is 323 g/mol. The van der Waals surface area contributed by atoms with Crippen LogP contribution in [0.25, 0.3) is 0 Å². The highest BCUT2D eigenvalue weighted by Crippen LogP contribution is 2.40. The Morgan fingerprint density at radius 2 is 1.74 bits per heavy atom. The predicted octanol–water partition coefficient (Wildman–Crippen LogP) is 4.94. The molecule has 0 amide bonds. The Bertz CT molecular complexity index is 672. The minimum Gasteiger partial charge on any atom is -0.292 e. The molecule has 23 heavy (non-hydrogen) atoms. The Morgan fingerprint density at radius 1 is 1.00 bits per heavy atom. The lowest BCUT2D eigenvalue weighted by Crippen LogP contribution is -2.41. The smallest absolute Gasteiger partial charge is 0.251 e. The summed E-state index contributed by atoms with van der Waals surface area (Å²) in [6.45, 7) is 0.714. The van der Waals surface area contributed by atoms with E-state index in [4.69, 9.17) is 0 Å². The molecule has 5 heteroatoms. The average molecular weight is 323 g/mol. The summed E-state index contributed by atoms with van der Waals surface area (Å²) in [4.78, 5) is 1.90. The van der Waals surface area contributed by atoms with Crippen LogP contribution in [0.5, 0.6) is 0 Å². The van der Waals surface area contributed by atoms with E-state index in [1.807, 2.05) is 35.2 Å². The number of likely N-dealkylation sites (tertiary alicyclic amines) is 1. The van der Waals surface area contributed by atoms with Crippen molar-refractivity contribution in [2.75, 3.05) is 6.54 Å². The molecule has 3 rings (SSSR count). The number of rotatable bonds is 3. The van der Waals surface area contributed by atoms with Crippen LogP contribution in [0.1, 0.15) is 30.0 Å². The number of piperidine rings is 1. The molecule has 2 aromatic rings. The zero-order valence-electron chi connectivity index (χ0n) is 12.5. The van der Waals surface area contributed by atoms with E-state index in [0.717, 1.165) is 17.7 Å². The Morgan fingerprint density at radius 3 is 2.43 bits per heavy atom. The lowest BCUT2D eigenvalue weighted by molar-refractivity contribution is -0.0815. The largest absolute Gasteiger partial charge is 0.292 e. The summed E-state index contributed by atoms with van der Waals surface area (Å²) < 4.78 is 54.3. The van der Waals surface area contributed by atoms with Gasteiger partial charge >= 0.3 is 0 Å². The van der Waals surface area contributed by atoms with Crippen molar-refractivity contribution >= 4 is 0 Å². The molecule has 1 aliphatic rings. The maximum Gasteiger partial charge on any atom is 0.251 e. The molecule has 0 aromatic heterocycles. The van der Waals surface area contributed by atoms with Gasteiger partial charge in [-0.3, -0.25) is 4.90 Å². The molecule has 0 N–H and O–H groups in total. The minimum absolute atomic E-state index is 0.214. The van der Waals surface area contributed by atoms with Crippen molar-refractivity contribution in [3.05, 3.63) is 71.3 Å². The van der Waals surface area contributed by atoms with Crippen LogP contribution in [0.2, 0.25) is 0 Å². The lowest BCUT2D eigenvalue weighted by Gasteiger charge is -2.39. The van der Waals surface area contributed by atoms with E-state index >= 15 is 0 Å². The van der Waals surface area contributed by atoms with Crippen LogP contribution in [-0.2, 0) is 6.54 Å². The van der Waals surface area contributed by atoms with Gasteiger partial charge in [0, 0.05) is 32.0 Å². The third-order valence-corrected chi connectivity index (χ3v) is 4.25. The number of benzene rings is 2. The normalized spacial score (nSPS) is 21.3. The van der Waals surface area contributed by atoms with Gasteiger partial charge in [-0.15, -0.1) is 0 Å². The van der Waals surface area contributed by atoms with Crippen LogP contribution < -0.4 is 0 Å². The average Bonchev–Trinajstić information content (AvgIpc) is 2.53. The van der Waals surface area contributed by atoms with Crippen molar-refractivity contribution in [2.24, 2.45) is 0 Å². The first-order valence-electron chi connectivity index (χ1n) is 7.55. The lowest BCUT2D eigenvalue weighted by atomic mass is 9.92. The minimum atomic E-state index is -2.79. The molecule has 1 heterocycles. The maximum absolute atomic E-state index is 13.8. The van der Waals surface area contributed by atoms with E-state index in [1.54, 1.807) is 0 Å². The number of halogens is 4. The molecule has 2 aromatic carbocycles. The molecule has 0 unspecified atom stereocenters. The molecule has 1 atom stereocenters. The molecule has 0 radical (unpaired) electrons. The Labute approximate surface area is 132 Å². The molecule has 1 aliphatic heterocycles. The molecule has 0 aliphatic carbocycles. The summed E-state index contributed by atoms with van der Waals surface area (Å²) >= 11 is 0. The zero-order chi connectivity index (χ0) is 16.4. The molecular weight excluding hydrogens is 306 g/mol. The van der Waals surface area contributed by atoms with Crippen LogP contribution in [0.15, 0.2) is 48.5 Å². The van der Waals surface area contributed by atoms with Crippen LogP contribution >= 0.6 is 0 Å². The van der Waals surface area contributed by atoms with Crippen LogP contribution in [0, 0.1) is 11.6 Å². The van der Waals surface area contributed by atoms with Crippen LogP contribution in [0.3, 0.4) is 0 Å². The summed E-state index contributed by atoms with van der Waals surface area (Å²) in [7, 11) is 0.